The van der Waals surface area contributed by atoms with Crippen LogP contribution in [-0.4, -0.2) is 25.9 Å². The third-order valence-electron chi connectivity index (χ3n) is 3.23. The quantitative estimate of drug-likeness (QED) is 0.406. The standard InChI is InChI=1S/C16H12N4O4/c21-16(12-4-2-1-3-5-12)24-11-13-10-19(18-17-13)14-6-8-15(9-7-14)20(22)23/h1-10H,11H2. The van der Waals surface area contributed by atoms with Gasteiger partial charge in [0.2, 0.25) is 0 Å². The molecule has 0 unspecified atom stereocenters. The maximum atomic E-state index is 11.9. The number of nitro groups is 1. The van der Waals surface area contributed by atoms with E-state index in [0.29, 0.717) is 16.9 Å². The van der Waals surface area contributed by atoms with E-state index >= 15 is 0 Å². The number of benzene rings is 2. The van der Waals surface area contributed by atoms with Crippen molar-refractivity contribution in [3.63, 3.8) is 0 Å². The van der Waals surface area contributed by atoms with E-state index in [9.17, 15) is 14.9 Å². The molecule has 0 spiro atoms. The van der Waals surface area contributed by atoms with Crippen LogP contribution in [0.1, 0.15) is 16.1 Å². The Morgan fingerprint density at radius 2 is 1.83 bits per heavy atom. The van der Waals surface area contributed by atoms with Gasteiger partial charge < -0.3 is 4.74 Å². The van der Waals surface area contributed by atoms with Gasteiger partial charge in [-0.1, -0.05) is 23.4 Å². The first-order valence-electron chi connectivity index (χ1n) is 7.02. The second-order valence-corrected chi connectivity index (χ2v) is 4.87. The van der Waals surface area contributed by atoms with Crippen molar-refractivity contribution in [1.29, 1.82) is 0 Å². The van der Waals surface area contributed by atoms with Crippen LogP contribution >= 0.6 is 0 Å². The molecule has 0 amide bonds. The molecular weight excluding hydrogens is 312 g/mol. The highest BCUT2D eigenvalue weighted by molar-refractivity contribution is 5.89. The number of carbonyl (C=O) groups excluding carboxylic acids is 1. The minimum absolute atomic E-state index is 0.00381. The van der Waals surface area contributed by atoms with Crippen LogP contribution in [0.2, 0.25) is 0 Å². The predicted octanol–water partition coefficient (Wildman–Crippen LogP) is 2.53. The molecule has 8 nitrogen and oxygen atoms in total. The molecule has 120 valence electrons. The average Bonchev–Trinajstić information content (AvgIpc) is 3.09. The normalized spacial score (nSPS) is 10.3. The van der Waals surface area contributed by atoms with Gasteiger partial charge in [-0.2, -0.15) is 0 Å². The Labute approximate surface area is 136 Å². The van der Waals surface area contributed by atoms with Crippen molar-refractivity contribution in [2.24, 2.45) is 0 Å². The lowest BCUT2D eigenvalue weighted by Crippen LogP contribution is -2.05. The number of ether oxygens (including phenoxy) is 1. The van der Waals surface area contributed by atoms with E-state index in [1.54, 1.807) is 42.6 Å². The lowest BCUT2D eigenvalue weighted by atomic mass is 10.2. The zero-order valence-corrected chi connectivity index (χ0v) is 12.4. The van der Waals surface area contributed by atoms with Gasteiger partial charge in [-0.25, -0.2) is 9.48 Å². The maximum absolute atomic E-state index is 11.9. The van der Waals surface area contributed by atoms with Crippen LogP contribution in [0.25, 0.3) is 5.69 Å². The first-order chi connectivity index (χ1) is 11.6. The van der Waals surface area contributed by atoms with E-state index in [2.05, 4.69) is 10.3 Å². The van der Waals surface area contributed by atoms with Crippen molar-refractivity contribution in [2.75, 3.05) is 0 Å². The molecule has 0 bridgehead atoms. The minimum Gasteiger partial charge on any atom is -0.455 e. The van der Waals surface area contributed by atoms with E-state index < -0.39 is 10.9 Å². The van der Waals surface area contributed by atoms with Gasteiger partial charge in [-0.05, 0) is 24.3 Å². The number of carbonyl (C=O) groups is 1. The number of nitrogens with zero attached hydrogens (tertiary/aromatic N) is 4. The fourth-order valence-electron chi connectivity index (χ4n) is 2.01. The van der Waals surface area contributed by atoms with Crippen LogP contribution < -0.4 is 0 Å². The van der Waals surface area contributed by atoms with Gasteiger partial charge in [-0.3, -0.25) is 10.1 Å². The number of nitro benzene ring substituents is 1. The molecule has 0 aliphatic carbocycles. The van der Waals surface area contributed by atoms with Crippen LogP contribution in [0, 0.1) is 10.1 Å². The summed E-state index contributed by atoms with van der Waals surface area (Å²) in [6.45, 7) is -0.0132. The molecule has 24 heavy (non-hydrogen) atoms. The number of rotatable bonds is 5. The second kappa shape index (κ2) is 6.69. The highest BCUT2D eigenvalue weighted by Crippen LogP contribution is 2.15. The molecule has 1 heterocycles. The summed E-state index contributed by atoms with van der Waals surface area (Å²) in [5.74, 6) is -0.444. The van der Waals surface area contributed by atoms with Gasteiger partial charge in [0.05, 0.1) is 22.4 Å². The van der Waals surface area contributed by atoms with Crippen LogP contribution in [0.5, 0.6) is 0 Å². The molecule has 0 radical (unpaired) electrons. The molecule has 0 aliphatic rings. The Morgan fingerprint density at radius 3 is 2.50 bits per heavy atom. The van der Waals surface area contributed by atoms with Gasteiger partial charge in [0.15, 0.2) is 0 Å². The fraction of sp³-hybridized carbons (Fsp3) is 0.0625. The molecule has 2 aromatic carbocycles. The number of hydrogen-bond donors (Lipinski definition) is 0. The molecule has 0 fully saturated rings. The Bertz CT molecular complexity index is 859. The van der Waals surface area contributed by atoms with Crippen molar-refractivity contribution in [3.8, 4) is 5.69 Å². The smallest absolute Gasteiger partial charge is 0.338 e. The molecule has 0 atom stereocenters. The van der Waals surface area contributed by atoms with Crippen molar-refractivity contribution in [1.82, 2.24) is 15.0 Å². The third-order valence-corrected chi connectivity index (χ3v) is 3.23. The highest BCUT2D eigenvalue weighted by Gasteiger charge is 2.10. The van der Waals surface area contributed by atoms with Gasteiger partial charge in [0.25, 0.3) is 5.69 Å². The summed E-state index contributed by atoms with van der Waals surface area (Å²) in [6.07, 6.45) is 1.60. The van der Waals surface area contributed by atoms with E-state index in [1.165, 1.54) is 16.8 Å². The van der Waals surface area contributed by atoms with Crippen molar-refractivity contribution in [3.05, 3.63) is 82.2 Å². The molecule has 0 aliphatic heterocycles. The first-order valence-corrected chi connectivity index (χ1v) is 7.02. The molecule has 8 heteroatoms. The van der Waals surface area contributed by atoms with Gasteiger partial charge in [0, 0.05) is 12.1 Å². The summed E-state index contributed by atoms with van der Waals surface area (Å²) in [5.41, 5.74) is 1.54. The van der Waals surface area contributed by atoms with Crippen molar-refractivity contribution < 1.29 is 14.5 Å². The largest absolute Gasteiger partial charge is 0.455 e. The topological polar surface area (TPSA) is 100 Å². The summed E-state index contributed by atoms with van der Waals surface area (Å²) < 4.78 is 6.62. The molecule has 3 aromatic rings. The summed E-state index contributed by atoms with van der Waals surface area (Å²) in [6, 6.07) is 14.5. The van der Waals surface area contributed by atoms with Crippen LogP contribution in [0.4, 0.5) is 5.69 Å². The molecule has 0 saturated carbocycles. The van der Waals surface area contributed by atoms with Crippen LogP contribution in [0.15, 0.2) is 60.8 Å². The van der Waals surface area contributed by atoms with E-state index in [4.69, 9.17) is 4.74 Å². The first kappa shape index (κ1) is 15.3. The predicted molar refractivity (Wildman–Crippen MR) is 83.6 cm³/mol. The van der Waals surface area contributed by atoms with Gasteiger partial charge in [0.1, 0.15) is 12.3 Å². The summed E-state index contributed by atoms with van der Waals surface area (Å²) >= 11 is 0. The Hall–Kier alpha value is -3.55. The monoisotopic (exact) mass is 324 g/mol. The minimum atomic E-state index is -0.473. The third kappa shape index (κ3) is 3.43. The number of non-ortho nitro benzene ring substituents is 1. The Balaban J connectivity index is 1.65. The van der Waals surface area contributed by atoms with Crippen LogP contribution in [-0.2, 0) is 11.3 Å². The number of esters is 1. The SMILES string of the molecule is O=C(OCc1cn(-c2ccc([N+](=O)[O-])cc2)nn1)c1ccccc1. The molecular formula is C16H12N4O4. The molecule has 0 saturated heterocycles. The molecule has 0 N–H and O–H groups in total. The average molecular weight is 324 g/mol. The van der Waals surface area contributed by atoms with E-state index in [-0.39, 0.29) is 12.3 Å². The number of hydrogen-bond acceptors (Lipinski definition) is 6. The molecule has 1 aromatic heterocycles. The Morgan fingerprint density at radius 1 is 1.12 bits per heavy atom. The van der Waals surface area contributed by atoms with Crippen LogP contribution in [0.3, 0.4) is 0 Å². The molecule has 3 rings (SSSR count). The lowest BCUT2D eigenvalue weighted by Gasteiger charge is -2.02. The summed E-state index contributed by atoms with van der Waals surface area (Å²) in [4.78, 5) is 22.0. The van der Waals surface area contributed by atoms with E-state index in [1.807, 2.05) is 6.07 Å². The maximum Gasteiger partial charge on any atom is 0.338 e. The fourth-order valence-corrected chi connectivity index (χ4v) is 2.01. The zero-order chi connectivity index (χ0) is 16.9. The summed E-state index contributed by atoms with van der Waals surface area (Å²) in [5, 5.41) is 18.5. The highest BCUT2D eigenvalue weighted by atomic mass is 16.6. The van der Waals surface area contributed by atoms with Gasteiger partial charge in [-0.15, -0.1) is 5.10 Å². The second-order valence-electron chi connectivity index (χ2n) is 4.87. The van der Waals surface area contributed by atoms with Crippen molar-refractivity contribution in [2.45, 2.75) is 6.61 Å². The van der Waals surface area contributed by atoms with E-state index in [0.717, 1.165) is 0 Å². The van der Waals surface area contributed by atoms with Gasteiger partial charge >= 0.3 is 5.97 Å². The zero-order valence-electron chi connectivity index (χ0n) is 12.4. The van der Waals surface area contributed by atoms with Crippen molar-refractivity contribution >= 4 is 11.7 Å². The summed E-state index contributed by atoms with van der Waals surface area (Å²) in [7, 11) is 0. The number of aromatic nitrogens is 3. The lowest BCUT2D eigenvalue weighted by molar-refractivity contribution is -0.384. The Kier molecular flexibility index (Phi) is 4.28.